The molecule has 24 heavy (non-hydrogen) atoms. The van der Waals surface area contributed by atoms with Crippen LogP contribution >= 0.6 is 0 Å². The highest BCUT2D eigenvalue weighted by Gasteiger charge is 2.10. The number of imidazole rings is 1. The molecule has 0 aliphatic heterocycles. The van der Waals surface area contributed by atoms with E-state index in [1.807, 2.05) is 26.0 Å². The van der Waals surface area contributed by atoms with Gasteiger partial charge in [0.2, 0.25) is 5.82 Å². The molecule has 1 aromatic carbocycles. The average Bonchev–Trinajstić information content (AvgIpc) is 3.26. The fourth-order valence-electron chi connectivity index (χ4n) is 2.16. The summed E-state index contributed by atoms with van der Waals surface area (Å²) in [4.78, 5) is 20.6. The standard InChI is InChI=1S/C16H19N7O/c1-11(2)23-21-15(20-22-23)12-3-5-13(6-4-12)16(24)18-8-7-14-9-17-10-19-14/h3-6,9-11H,7-8H2,1-2H3,(H,17,19)(H,18,24). The van der Waals surface area contributed by atoms with Gasteiger partial charge in [-0.25, -0.2) is 4.98 Å². The summed E-state index contributed by atoms with van der Waals surface area (Å²) in [6.45, 7) is 4.53. The predicted octanol–water partition coefficient (Wildman–Crippen LogP) is 1.62. The van der Waals surface area contributed by atoms with Crippen molar-refractivity contribution in [3.63, 3.8) is 0 Å². The van der Waals surface area contributed by atoms with Crippen molar-refractivity contribution in [1.82, 2.24) is 35.5 Å². The quantitative estimate of drug-likeness (QED) is 0.717. The molecule has 0 fully saturated rings. The molecule has 2 N–H and O–H groups in total. The van der Waals surface area contributed by atoms with Gasteiger partial charge in [-0.15, -0.1) is 10.2 Å². The molecule has 0 saturated heterocycles. The number of aromatic amines is 1. The molecular formula is C16H19N7O. The summed E-state index contributed by atoms with van der Waals surface area (Å²) in [5.74, 6) is 0.440. The van der Waals surface area contributed by atoms with Gasteiger partial charge in [-0.05, 0) is 31.2 Å². The molecule has 8 nitrogen and oxygen atoms in total. The number of hydrogen-bond donors (Lipinski definition) is 2. The topological polar surface area (TPSA) is 101 Å². The second kappa shape index (κ2) is 7.03. The fourth-order valence-corrected chi connectivity index (χ4v) is 2.16. The molecule has 0 aliphatic rings. The Labute approximate surface area is 139 Å². The molecule has 0 aliphatic carbocycles. The van der Waals surface area contributed by atoms with Gasteiger partial charge in [0, 0.05) is 36.0 Å². The number of tetrazole rings is 1. The predicted molar refractivity (Wildman–Crippen MR) is 88.3 cm³/mol. The molecule has 3 rings (SSSR count). The molecule has 0 bridgehead atoms. The van der Waals surface area contributed by atoms with E-state index in [-0.39, 0.29) is 11.9 Å². The molecular weight excluding hydrogens is 306 g/mol. The van der Waals surface area contributed by atoms with Gasteiger partial charge in [0.05, 0.1) is 12.4 Å². The number of H-pyrrole nitrogens is 1. The maximum absolute atomic E-state index is 12.1. The van der Waals surface area contributed by atoms with Gasteiger partial charge in [0.25, 0.3) is 5.91 Å². The van der Waals surface area contributed by atoms with E-state index in [1.165, 1.54) is 0 Å². The maximum Gasteiger partial charge on any atom is 0.251 e. The third kappa shape index (κ3) is 3.65. The summed E-state index contributed by atoms with van der Waals surface area (Å²) in [5.41, 5.74) is 2.42. The molecule has 124 valence electrons. The monoisotopic (exact) mass is 325 g/mol. The molecule has 0 radical (unpaired) electrons. The van der Waals surface area contributed by atoms with Gasteiger partial charge >= 0.3 is 0 Å². The first-order chi connectivity index (χ1) is 11.6. The number of nitrogens with zero attached hydrogens (tertiary/aromatic N) is 5. The number of benzene rings is 1. The Hall–Kier alpha value is -3.03. The van der Waals surface area contributed by atoms with E-state index in [0.717, 1.165) is 11.3 Å². The van der Waals surface area contributed by atoms with Crippen LogP contribution in [0.1, 0.15) is 35.9 Å². The van der Waals surface area contributed by atoms with E-state index in [2.05, 4.69) is 30.7 Å². The lowest BCUT2D eigenvalue weighted by atomic mass is 10.1. The SMILES string of the molecule is CC(C)n1nnc(-c2ccc(C(=O)NCCc3cnc[nH]3)cc2)n1. The second-order valence-corrected chi connectivity index (χ2v) is 5.69. The lowest BCUT2D eigenvalue weighted by Crippen LogP contribution is -2.25. The van der Waals surface area contributed by atoms with E-state index in [9.17, 15) is 4.79 Å². The molecule has 0 unspecified atom stereocenters. The van der Waals surface area contributed by atoms with Crippen molar-refractivity contribution in [2.24, 2.45) is 0 Å². The molecule has 2 aromatic heterocycles. The zero-order valence-electron chi connectivity index (χ0n) is 13.6. The van der Waals surface area contributed by atoms with E-state index < -0.39 is 0 Å². The molecule has 3 aromatic rings. The van der Waals surface area contributed by atoms with E-state index in [0.29, 0.717) is 24.4 Å². The highest BCUT2D eigenvalue weighted by Crippen LogP contribution is 2.15. The Bertz CT molecular complexity index is 790. The van der Waals surface area contributed by atoms with Crippen molar-refractivity contribution in [1.29, 1.82) is 0 Å². The number of hydrogen-bond acceptors (Lipinski definition) is 5. The van der Waals surface area contributed by atoms with Crippen LogP contribution in [-0.2, 0) is 6.42 Å². The number of carbonyl (C=O) groups is 1. The first-order valence-corrected chi connectivity index (χ1v) is 7.79. The summed E-state index contributed by atoms with van der Waals surface area (Å²) >= 11 is 0. The highest BCUT2D eigenvalue weighted by atomic mass is 16.1. The van der Waals surface area contributed by atoms with Crippen LogP contribution in [-0.4, -0.2) is 42.6 Å². The number of nitrogens with one attached hydrogen (secondary N) is 2. The van der Waals surface area contributed by atoms with E-state index in [1.54, 1.807) is 29.5 Å². The summed E-state index contributed by atoms with van der Waals surface area (Å²) in [7, 11) is 0. The summed E-state index contributed by atoms with van der Waals surface area (Å²) in [6, 6.07) is 7.33. The Balaban J connectivity index is 1.59. The average molecular weight is 325 g/mol. The molecule has 8 heteroatoms. The molecule has 1 amide bonds. The van der Waals surface area contributed by atoms with Gasteiger partial charge < -0.3 is 10.3 Å². The Kier molecular flexibility index (Phi) is 4.64. The van der Waals surface area contributed by atoms with E-state index in [4.69, 9.17) is 0 Å². The fraction of sp³-hybridized carbons (Fsp3) is 0.312. The number of rotatable bonds is 6. The Morgan fingerprint density at radius 1 is 1.29 bits per heavy atom. The van der Waals surface area contributed by atoms with Crippen LogP contribution in [0.5, 0.6) is 0 Å². The normalized spacial score (nSPS) is 11.0. The highest BCUT2D eigenvalue weighted by molar-refractivity contribution is 5.94. The number of carbonyl (C=O) groups excluding carboxylic acids is 1. The third-order valence-electron chi connectivity index (χ3n) is 3.53. The molecule has 0 atom stereocenters. The van der Waals surface area contributed by atoms with Crippen LogP contribution in [0.3, 0.4) is 0 Å². The zero-order valence-corrected chi connectivity index (χ0v) is 13.6. The third-order valence-corrected chi connectivity index (χ3v) is 3.53. The zero-order chi connectivity index (χ0) is 16.9. The van der Waals surface area contributed by atoms with Crippen LogP contribution in [0.25, 0.3) is 11.4 Å². The molecule has 2 heterocycles. The summed E-state index contributed by atoms with van der Waals surface area (Å²) < 4.78 is 0. The minimum atomic E-state index is -0.111. The summed E-state index contributed by atoms with van der Waals surface area (Å²) in [6.07, 6.45) is 4.09. The van der Waals surface area contributed by atoms with Crippen molar-refractivity contribution in [2.45, 2.75) is 26.3 Å². The van der Waals surface area contributed by atoms with Gasteiger partial charge in [-0.1, -0.05) is 12.1 Å². The second-order valence-electron chi connectivity index (χ2n) is 5.69. The minimum Gasteiger partial charge on any atom is -0.352 e. The van der Waals surface area contributed by atoms with Gasteiger partial charge in [0.15, 0.2) is 0 Å². The maximum atomic E-state index is 12.1. The Morgan fingerprint density at radius 2 is 2.08 bits per heavy atom. The van der Waals surface area contributed by atoms with Crippen LogP contribution in [0.2, 0.25) is 0 Å². The summed E-state index contributed by atoms with van der Waals surface area (Å²) in [5, 5.41) is 15.2. The van der Waals surface area contributed by atoms with Crippen molar-refractivity contribution < 1.29 is 4.79 Å². The van der Waals surface area contributed by atoms with Crippen LogP contribution < -0.4 is 5.32 Å². The first kappa shape index (κ1) is 15.9. The first-order valence-electron chi connectivity index (χ1n) is 7.79. The smallest absolute Gasteiger partial charge is 0.251 e. The lowest BCUT2D eigenvalue weighted by molar-refractivity contribution is 0.0954. The number of amides is 1. The van der Waals surface area contributed by atoms with Crippen molar-refractivity contribution in [2.75, 3.05) is 6.54 Å². The van der Waals surface area contributed by atoms with E-state index >= 15 is 0 Å². The lowest BCUT2D eigenvalue weighted by Gasteiger charge is -2.05. The number of aromatic nitrogens is 6. The van der Waals surface area contributed by atoms with Crippen molar-refractivity contribution in [3.05, 3.63) is 48.0 Å². The molecule has 0 saturated carbocycles. The molecule has 0 spiro atoms. The van der Waals surface area contributed by atoms with Crippen LogP contribution in [0.4, 0.5) is 0 Å². The van der Waals surface area contributed by atoms with Gasteiger partial charge in [0.1, 0.15) is 0 Å². The van der Waals surface area contributed by atoms with Crippen molar-refractivity contribution in [3.8, 4) is 11.4 Å². The Morgan fingerprint density at radius 3 is 2.71 bits per heavy atom. The minimum absolute atomic E-state index is 0.111. The van der Waals surface area contributed by atoms with Crippen molar-refractivity contribution >= 4 is 5.91 Å². The van der Waals surface area contributed by atoms with Gasteiger partial charge in [-0.2, -0.15) is 4.80 Å². The van der Waals surface area contributed by atoms with Crippen LogP contribution in [0, 0.1) is 0 Å². The van der Waals surface area contributed by atoms with Crippen LogP contribution in [0.15, 0.2) is 36.8 Å². The largest absolute Gasteiger partial charge is 0.352 e. The van der Waals surface area contributed by atoms with Gasteiger partial charge in [-0.3, -0.25) is 4.79 Å².